The highest BCUT2D eigenvalue weighted by Gasteiger charge is 2.21. The molecule has 1 N–H and O–H groups in total. The lowest BCUT2D eigenvalue weighted by molar-refractivity contribution is 0.105. The lowest BCUT2D eigenvalue weighted by atomic mass is 10.1. The zero-order chi connectivity index (χ0) is 19.8. The number of guanidine groups is 1. The van der Waals surface area contributed by atoms with Crippen LogP contribution in [0.1, 0.15) is 24.8 Å². The second kappa shape index (κ2) is 12.4. The summed E-state index contributed by atoms with van der Waals surface area (Å²) in [6, 6.07) is 5.98. The van der Waals surface area contributed by atoms with Crippen LogP contribution in [-0.2, 0) is 11.3 Å². The van der Waals surface area contributed by atoms with Crippen molar-refractivity contribution in [2.75, 3.05) is 60.6 Å². The number of aliphatic imine (C=N–C) groups is 1. The molecule has 0 saturated carbocycles. The van der Waals surface area contributed by atoms with Gasteiger partial charge >= 0.3 is 0 Å². The molecule has 3 rings (SSSR count). The number of halogens is 1. The second-order valence-corrected chi connectivity index (χ2v) is 7.34. The van der Waals surface area contributed by atoms with Gasteiger partial charge in [0.2, 0.25) is 0 Å². The lowest BCUT2D eigenvalue weighted by Gasteiger charge is -2.36. The Labute approximate surface area is 191 Å². The molecule has 2 fully saturated rings. The molecule has 2 aliphatic heterocycles. The molecular formula is C21H35IN4O3. The number of nitrogens with one attached hydrogen (secondary N) is 1. The number of nitrogens with zero attached hydrogens (tertiary/aromatic N) is 3. The Hall–Kier alpha value is -1.26. The third-order valence-corrected chi connectivity index (χ3v) is 5.54. The van der Waals surface area contributed by atoms with E-state index in [0.717, 1.165) is 75.3 Å². The summed E-state index contributed by atoms with van der Waals surface area (Å²) in [6.07, 6.45) is 3.85. The second-order valence-electron chi connectivity index (χ2n) is 7.34. The standard InChI is InChI=1S/C21H34N4O3.HI/c1-22-21(23-9-8-18-5-4-14-28-18)25-12-10-24(11-13-25)16-17-15-19(26-2)6-7-20(17)27-3;/h6-7,15,18H,4-5,8-14,16H2,1-3H3,(H,22,23);1H. The summed E-state index contributed by atoms with van der Waals surface area (Å²) in [6.45, 7) is 6.61. The zero-order valence-electron chi connectivity index (χ0n) is 17.9. The minimum Gasteiger partial charge on any atom is -0.497 e. The first-order valence-corrected chi connectivity index (χ1v) is 10.2. The molecule has 0 aromatic heterocycles. The fourth-order valence-corrected chi connectivity index (χ4v) is 3.91. The van der Waals surface area contributed by atoms with Crippen molar-refractivity contribution in [2.24, 2.45) is 4.99 Å². The van der Waals surface area contributed by atoms with Crippen molar-refractivity contribution in [1.82, 2.24) is 15.1 Å². The van der Waals surface area contributed by atoms with Crippen LogP contribution < -0.4 is 14.8 Å². The SMILES string of the molecule is CN=C(NCCC1CCCO1)N1CCN(Cc2cc(OC)ccc2OC)CC1.I. The van der Waals surface area contributed by atoms with Gasteiger partial charge in [0.15, 0.2) is 5.96 Å². The van der Waals surface area contributed by atoms with Crippen molar-refractivity contribution < 1.29 is 14.2 Å². The van der Waals surface area contributed by atoms with Crippen LogP contribution in [0.25, 0.3) is 0 Å². The number of rotatable bonds is 7. The zero-order valence-corrected chi connectivity index (χ0v) is 20.2. The van der Waals surface area contributed by atoms with Crippen molar-refractivity contribution in [3.8, 4) is 11.5 Å². The highest BCUT2D eigenvalue weighted by atomic mass is 127. The van der Waals surface area contributed by atoms with Crippen LogP contribution in [0.3, 0.4) is 0 Å². The molecule has 8 heteroatoms. The van der Waals surface area contributed by atoms with Gasteiger partial charge in [-0.2, -0.15) is 0 Å². The number of hydrogen-bond acceptors (Lipinski definition) is 5. The number of benzene rings is 1. The van der Waals surface area contributed by atoms with Gasteiger partial charge in [0.05, 0.1) is 20.3 Å². The summed E-state index contributed by atoms with van der Waals surface area (Å²) < 4.78 is 16.6. The number of piperazine rings is 1. The predicted octanol–water partition coefficient (Wildman–Crippen LogP) is 2.58. The van der Waals surface area contributed by atoms with Gasteiger partial charge in [0, 0.05) is 58.5 Å². The molecule has 2 saturated heterocycles. The van der Waals surface area contributed by atoms with Crippen molar-refractivity contribution in [2.45, 2.75) is 31.9 Å². The molecule has 7 nitrogen and oxygen atoms in total. The molecule has 2 heterocycles. The maximum absolute atomic E-state index is 5.70. The number of hydrogen-bond donors (Lipinski definition) is 1. The summed E-state index contributed by atoms with van der Waals surface area (Å²) in [5.74, 6) is 2.77. The van der Waals surface area contributed by atoms with E-state index >= 15 is 0 Å². The van der Waals surface area contributed by atoms with Gasteiger partial charge in [-0.05, 0) is 37.5 Å². The van der Waals surface area contributed by atoms with Crippen molar-refractivity contribution in [3.63, 3.8) is 0 Å². The Morgan fingerprint density at radius 2 is 2.00 bits per heavy atom. The van der Waals surface area contributed by atoms with Crippen molar-refractivity contribution in [3.05, 3.63) is 23.8 Å². The van der Waals surface area contributed by atoms with E-state index in [2.05, 4.69) is 26.2 Å². The predicted molar refractivity (Wildman–Crippen MR) is 127 cm³/mol. The fourth-order valence-electron chi connectivity index (χ4n) is 3.91. The van der Waals surface area contributed by atoms with E-state index in [1.165, 1.54) is 12.8 Å². The molecule has 0 aliphatic carbocycles. The van der Waals surface area contributed by atoms with Gasteiger partial charge in [-0.3, -0.25) is 9.89 Å². The molecule has 29 heavy (non-hydrogen) atoms. The van der Waals surface area contributed by atoms with Crippen LogP contribution in [0, 0.1) is 0 Å². The third-order valence-electron chi connectivity index (χ3n) is 5.54. The summed E-state index contributed by atoms with van der Waals surface area (Å²) in [5, 5.41) is 3.50. The van der Waals surface area contributed by atoms with Crippen LogP contribution >= 0.6 is 24.0 Å². The smallest absolute Gasteiger partial charge is 0.193 e. The van der Waals surface area contributed by atoms with Gasteiger partial charge in [0.25, 0.3) is 0 Å². The first-order chi connectivity index (χ1) is 13.7. The van der Waals surface area contributed by atoms with Crippen molar-refractivity contribution in [1.29, 1.82) is 0 Å². The molecule has 2 aliphatic rings. The van der Waals surface area contributed by atoms with E-state index in [4.69, 9.17) is 14.2 Å². The average molecular weight is 518 g/mol. The van der Waals surface area contributed by atoms with Gasteiger partial charge in [-0.15, -0.1) is 24.0 Å². The minimum absolute atomic E-state index is 0. The van der Waals surface area contributed by atoms with E-state index in [1.807, 2.05) is 19.2 Å². The highest BCUT2D eigenvalue weighted by Crippen LogP contribution is 2.25. The average Bonchev–Trinajstić information content (AvgIpc) is 3.25. The van der Waals surface area contributed by atoms with Crippen molar-refractivity contribution >= 4 is 29.9 Å². The molecule has 0 spiro atoms. The van der Waals surface area contributed by atoms with E-state index in [-0.39, 0.29) is 24.0 Å². The largest absolute Gasteiger partial charge is 0.497 e. The van der Waals surface area contributed by atoms with Gasteiger partial charge in [-0.25, -0.2) is 0 Å². The van der Waals surface area contributed by atoms with Gasteiger partial charge in [0.1, 0.15) is 11.5 Å². The Morgan fingerprint density at radius 1 is 1.21 bits per heavy atom. The third kappa shape index (κ3) is 6.89. The molecule has 0 amide bonds. The molecule has 1 atom stereocenters. The Balaban J connectivity index is 0.00000300. The summed E-state index contributed by atoms with van der Waals surface area (Å²) in [7, 11) is 5.28. The van der Waals surface area contributed by atoms with Gasteiger partial charge < -0.3 is 24.4 Å². The summed E-state index contributed by atoms with van der Waals surface area (Å²) in [5.41, 5.74) is 1.16. The topological polar surface area (TPSA) is 58.6 Å². The number of methoxy groups -OCH3 is 2. The molecule has 1 unspecified atom stereocenters. The van der Waals surface area contributed by atoms with Crippen LogP contribution in [0.5, 0.6) is 11.5 Å². The monoisotopic (exact) mass is 518 g/mol. The van der Waals surface area contributed by atoms with Crippen LogP contribution in [0.2, 0.25) is 0 Å². The molecule has 0 radical (unpaired) electrons. The summed E-state index contributed by atoms with van der Waals surface area (Å²) >= 11 is 0. The molecule has 1 aromatic carbocycles. The first kappa shape index (κ1) is 24.0. The maximum atomic E-state index is 5.70. The maximum Gasteiger partial charge on any atom is 0.193 e. The van der Waals surface area contributed by atoms with Gasteiger partial charge in [-0.1, -0.05) is 0 Å². The van der Waals surface area contributed by atoms with E-state index < -0.39 is 0 Å². The van der Waals surface area contributed by atoms with Crippen LogP contribution in [0.15, 0.2) is 23.2 Å². The minimum atomic E-state index is 0. The van der Waals surface area contributed by atoms with E-state index in [1.54, 1.807) is 14.2 Å². The fraction of sp³-hybridized carbons (Fsp3) is 0.667. The van der Waals surface area contributed by atoms with Crippen LogP contribution in [0.4, 0.5) is 0 Å². The first-order valence-electron chi connectivity index (χ1n) is 10.2. The molecule has 1 aromatic rings. The Kier molecular flexibility index (Phi) is 10.3. The van der Waals surface area contributed by atoms with E-state index in [0.29, 0.717) is 6.10 Å². The molecule has 0 bridgehead atoms. The highest BCUT2D eigenvalue weighted by molar-refractivity contribution is 14.0. The Morgan fingerprint density at radius 3 is 2.62 bits per heavy atom. The van der Waals surface area contributed by atoms with E-state index in [9.17, 15) is 0 Å². The molecular weight excluding hydrogens is 483 g/mol. The molecule has 164 valence electrons. The Bertz CT molecular complexity index is 645. The lowest BCUT2D eigenvalue weighted by Crippen LogP contribution is -2.52. The van der Waals surface area contributed by atoms with Crippen LogP contribution in [-0.4, -0.2) is 82.5 Å². The normalized spacial score (nSPS) is 20.3. The summed E-state index contributed by atoms with van der Waals surface area (Å²) in [4.78, 5) is 9.26. The quantitative estimate of drug-likeness (QED) is 0.340. The number of ether oxygens (including phenoxy) is 3.